The number of rotatable bonds is 8. The lowest BCUT2D eigenvalue weighted by Crippen LogP contribution is -2.24. The quantitative estimate of drug-likeness (QED) is 0.297. The molecular formula is C29H24F2N4O2. The van der Waals surface area contributed by atoms with Gasteiger partial charge in [-0.05, 0) is 67.4 Å². The Bertz CT molecular complexity index is 1530. The van der Waals surface area contributed by atoms with Crippen LogP contribution in [0.2, 0.25) is 0 Å². The normalized spacial score (nSPS) is 12.6. The molecule has 0 saturated heterocycles. The van der Waals surface area contributed by atoms with E-state index in [9.17, 15) is 9.18 Å². The van der Waals surface area contributed by atoms with Crippen molar-refractivity contribution in [1.29, 1.82) is 0 Å². The third-order valence-electron chi connectivity index (χ3n) is 6.12. The molecule has 1 aliphatic heterocycles. The Morgan fingerprint density at radius 1 is 0.973 bits per heavy atom. The van der Waals surface area contributed by atoms with Crippen LogP contribution in [0.15, 0.2) is 77.9 Å². The van der Waals surface area contributed by atoms with E-state index in [4.69, 9.17) is 14.7 Å². The summed E-state index contributed by atoms with van der Waals surface area (Å²) in [5.74, 6) is -0.783. The van der Waals surface area contributed by atoms with Gasteiger partial charge in [-0.15, -0.1) is 0 Å². The number of fused-ring (bicyclic) bond motifs is 1. The second-order valence-corrected chi connectivity index (χ2v) is 8.62. The molecular weight excluding hydrogens is 474 g/mol. The Morgan fingerprint density at radius 3 is 2.51 bits per heavy atom. The van der Waals surface area contributed by atoms with Gasteiger partial charge in [0.05, 0.1) is 23.8 Å². The van der Waals surface area contributed by atoms with Gasteiger partial charge in [-0.3, -0.25) is 9.79 Å². The minimum atomic E-state index is -0.535. The maximum Gasteiger partial charge on any atom is 0.251 e. The molecule has 6 nitrogen and oxygen atoms in total. The summed E-state index contributed by atoms with van der Waals surface area (Å²) in [6.07, 6.45) is 6.31. The number of allylic oxidation sites excluding steroid dienone is 1. The van der Waals surface area contributed by atoms with Crippen molar-refractivity contribution in [3.63, 3.8) is 0 Å². The van der Waals surface area contributed by atoms with Gasteiger partial charge in [0.1, 0.15) is 23.1 Å². The van der Waals surface area contributed by atoms with E-state index in [2.05, 4.69) is 10.3 Å². The average molecular weight is 499 g/mol. The number of halogens is 2. The first-order valence-electron chi connectivity index (χ1n) is 11.9. The SMILES string of the molecule is COc1ccc(-c2nc3cc(C(=O)NCCCC4=NC=CC4)ccc3nc2-c2ccc(F)cc2)c(F)c1. The smallest absolute Gasteiger partial charge is 0.251 e. The first-order chi connectivity index (χ1) is 18.0. The van der Waals surface area contributed by atoms with Crippen molar-refractivity contribution >= 4 is 22.7 Å². The fourth-order valence-electron chi connectivity index (χ4n) is 4.17. The third-order valence-corrected chi connectivity index (χ3v) is 6.12. The van der Waals surface area contributed by atoms with Crippen LogP contribution in [0.3, 0.4) is 0 Å². The van der Waals surface area contributed by atoms with E-state index in [1.54, 1.807) is 48.7 Å². The van der Waals surface area contributed by atoms with Crippen molar-refractivity contribution < 1.29 is 18.3 Å². The summed E-state index contributed by atoms with van der Waals surface area (Å²) in [5, 5.41) is 2.93. The fourth-order valence-corrected chi connectivity index (χ4v) is 4.17. The third kappa shape index (κ3) is 5.38. The molecule has 0 saturated carbocycles. The van der Waals surface area contributed by atoms with Crippen molar-refractivity contribution in [1.82, 2.24) is 15.3 Å². The summed E-state index contributed by atoms with van der Waals surface area (Å²) in [7, 11) is 1.46. The molecule has 1 amide bonds. The maximum atomic E-state index is 15.1. The van der Waals surface area contributed by atoms with E-state index < -0.39 is 11.6 Å². The lowest BCUT2D eigenvalue weighted by Gasteiger charge is -2.13. The molecule has 0 fully saturated rings. The van der Waals surface area contributed by atoms with Crippen LogP contribution in [0, 0.1) is 11.6 Å². The molecule has 0 bridgehead atoms. The van der Waals surface area contributed by atoms with Gasteiger partial charge in [-0.2, -0.15) is 0 Å². The lowest BCUT2D eigenvalue weighted by atomic mass is 10.0. The fraction of sp³-hybridized carbons (Fsp3) is 0.172. The van der Waals surface area contributed by atoms with Gasteiger partial charge >= 0.3 is 0 Å². The number of ether oxygens (including phenoxy) is 1. The molecule has 0 unspecified atom stereocenters. The van der Waals surface area contributed by atoms with Crippen LogP contribution in [-0.4, -0.2) is 35.2 Å². The lowest BCUT2D eigenvalue weighted by molar-refractivity contribution is 0.0953. The molecule has 37 heavy (non-hydrogen) atoms. The summed E-state index contributed by atoms with van der Waals surface area (Å²) in [4.78, 5) is 26.5. The Kier molecular flexibility index (Phi) is 6.98. The maximum absolute atomic E-state index is 15.1. The van der Waals surface area contributed by atoms with Crippen LogP contribution in [0.5, 0.6) is 5.75 Å². The van der Waals surface area contributed by atoms with Crippen LogP contribution in [0.25, 0.3) is 33.5 Å². The summed E-state index contributed by atoms with van der Waals surface area (Å²) >= 11 is 0. The molecule has 4 aromatic rings. The molecule has 2 heterocycles. The number of aromatic nitrogens is 2. The highest BCUT2D eigenvalue weighted by Gasteiger charge is 2.18. The van der Waals surface area contributed by atoms with Crippen LogP contribution in [0.1, 0.15) is 29.6 Å². The number of carbonyl (C=O) groups is 1. The van der Waals surface area contributed by atoms with E-state index in [1.807, 2.05) is 6.08 Å². The predicted molar refractivity (Wildman–Crippen MR) is 140 cm³/mol. The van der Waals surface area contributed by atoms with Gasteiger partial charge in [-0.1, -0.05) is 6.08 Å². The second kappa shape index (κ2) is 10.7. The molecule has 0 atom stereocenters. The zero-order valence-corrected chi connectivity index (χ0v) is 20.2. The molecule has 0 radical (unpaired) electrons. The molecule has 8 heteroatoms. The number of hydrogen-bond acceptors (Lipinski definition) is 5. The first-order valence-corrected chi connectivity index (χ1v) is 11.9. The van der Waals surface area contributed by atoms with Crippen LogP contribution in [-0.2, 0) is 0 Å². The highest BCUT2D eigenvalue weighted by molar-refractivity contribution is 5.98. The number of aliphatic imine (C=N–C) groups is 1. The van der Waals surface area contributed by atoms with Crippen molar-refractivity contribution in [3.05, 3.63) is 90.1 Å². The van der Waals surface area contributed by atoms with Crippen molar-refractivity contribution in [3.8, 4) is 28.3 Å². The summed E-state index contributed by atoms with van der Waals surface area (Å²) < 4.78 is 33.8. The average Bonchev–Trinajstić information content (AvgIpc) is 3.44. The molecule has 3 aromatic carbocycles. The van der Waals surface area contributed by atoms with Gasteiger partial charge in [0.2, 0.25) is 0 Å². The monoisotopic (exact) mass is 498 g/mol. The number of hydrogen-bond donors (Lipinski definition) is 1. The van der Waals surface area contributed by atoms with E-state index >= 15 is 4.39 Å². The van der Waals surface area contributed by atoms with Crippen LogP contribution in [0.4, 0.5) is 8.78 Å². The minimum Gasteiger partial charge on any atom is -0.497 e. The summed E-state index contributed by atoms with van der Waals surface area (Å²) in [5.41, 5.74) is 4.00. The highest BCUT2D eigenvalue weighted by Crippen LogP contribution is 2.34. The number of methoxy groups -OCH3 is 1. The summed E-state index contributed by atoms with van der Waals surface area (Å²) in [6.45, 7) is 0.521. The zero-order valence-electron chi connectivity index (χ0n) is 20.2. The molecule has 0 aliphatic carbocycles. The van der Waals surface area contributed by atoms with E-state index in [-0.39, 0.29) is 17.2 Å². The molecule has 1 N–H and O–H groups in total. The standard InChI is InChI=1S/C29H24F2N4O2/c1-37-22-11-12-23(24(31)17-22)28-27(18-6-9-20(30)10-7-18)34-25-13-8-19(16-26(25)35-28)29(36)33-15-3-5-21-4-2-14-32-21/h2,6-14,16-17H,3-5,15H2,1H3,(H,33,36). The summed E-state index contributed by atoms with van der Waals surface area (Å²) in [6, 6.07) is 15.3. The number of amides is 1. The van der Waals surface area contributed by atoms with Crippen molar-refractivity contribution in [2.24, 2.45) is 4.99 Å². The van der Waals surface area contributed by atoms with Crippen LogP contribution < -0.4 is 10.1 Å². The number of benzene rings is 3. The Hall–Kier alpha value is -4.46. The van der Waals surface area contributed by atoms with Gasteiger partial charge in [0, 0.05) is 47.6 Å². The number of nitrogens with zero attached hydrogens (tertiary/aromatic N) is 3. The molecule has 5 rings (SSSR count). The Balaban J connectivity index is 1.48. The van der Waals surface area contributed by atoms with E-state index in [0.717, 1.165) is 25.0 Å². The largest absolute Gasteiger partial charge is 0.497 e. The Labute approximate surface area is 212 Å². The van der Waals surface area contributed by atoms with Crippen molar-refractivity contribution in [2.45, 2.75) is 19.3 Å². The van der Waals surface area contributed by atoms with Crippen LogP contribution >= 0.6 is 0 Å². The predicted octanol–water partition coefficient (Wildman–Crippen LogP) is 6.12. The van der Waals surface area contributed by atoms with E-state index in [1.165, 1.54) is 25.3 Å². The van der Waals surface area contributed by atoms with Gasteiger partial charge in [0.15, 0.2) is 0 Å². The number of carbonyl (C=O) groups excluding carboxylic acids is 1. The highest BCUT2D eigenvalue weighted by atomic mass is 19.1. The first kappa shape index (κ1) is 24.2. The van der Waals surface area contributed by atoms with E-state index in [0.29, 0.717) is 40.1 Å². The second-order valence-electron chi connectivity index (χ2n) is 8.62. The zero-order chi connectivity index (χ0) is 25.8. The van der Waals surface area contributed by atoms with Gasteiger partial charge < -0.3 is 10.1 Å². The molecule has 1 aliphatic rings. The van der Waals surface area contributed by atoms with Crippen molar-refractivity contribution in [2.75, 3.05) is 13.7 Å². The van der Waals surface area contributed by atoms with Gasteiger partial charge in [-0.25, -0.2) is 18.7 Å². The molecule has 1 aromatic heterocycles. The topological polar surface area (TPSA) is 76.5 Å². The minimum absolute atomic E-state index is 0.216. The molecule has 0 spiro atoms. The number of nitrogens with one attached hydrogen (secondary N) is 1. The Morgan fingerprint density at radius 2 is 1.78 bits per heavy atom. The molecule has 186 valence electrons. The van der Waals surface area contributed by atoms with Gasteiger partial charge in [0.25, 0.3) is 5.91 Å².